The molecule has 2 N–H and O–H groups in total. The second kappa shape index (κ2) is 18.5. The summed E-state index contributed by atoms with van der Waals surface area (Å²) >= 11 is 0. The third kappa shape index (κ3) is 10.5. The van der Waals surface area contributed by atoms with Gasteiger partial charge in [0.15, 0.2) is 5.79 Å². The molecule has 10 nitrogen and oxygen atoms in total. The molecule has 0 aromatic rings. The fourth-order valence-corrected chi connectivity index (χ4v) is 7.18. The predicted octanol–water partition coefficient (Wildman–Crippen LogP) is 5.92. The van der Waals surface area contributed by atoms with Crippen LogP contribution in [0, 0.1) is 35.5 Å². The molecule has 0 saturated carbocycles. The molecule has 48 heavy (non-hydrogen) atoms. The van der Waals surface area contributed by atoms with Crippen LogP contribution in [0.25, 0.3) is 0 Å². The number of hydrogen-bond donors (Lipinski definition) is 2. The maximum Gasteiger partial charge on any atom is 0.373 e. The predicted molar refractivity (Wildman–Crippen MR) is 184 cm³/mol. The van der Waals surface area contributed by atoms with Crippen LogP contribution in [0.3, 0.4) is 0 Å². The number of ether oxygens (including phenoxy) is 6. The van der Waals surface area contributed by atoms with E-state index in [1.54, 1.807) is 19.1 Å². The maximum atomic E-state index is 13.7. The molecule has 2 rings (SSSR count). The number of methoxy groups -OCH3 is 3. The minimum absolute atomic E-state index is 0.00564. The summed E-state index contributed by atoms with van der Waals surface area (Å²) in [6.45, 7) is 18.9. The van der Waals surface area contributed by atoms with E-state index >= 15 is 0 Å². The van der Waals surface area contributed by atoms with Gasteiger partial charge in [-0.3, -0.25) is 4.79 Å². The largest absolute Gasteiger partial charge is 0.490 e. The zero-order valence-corrected chi connectivity index (χ0v) is 31.4. The third-order valence-electron chi connectivity index (χ3n) is 10.1. The molecule has 10 heteroatoms. The molecule has 0 aromatic heterocycles. The summed E-state index contributed by atoms with van der Waals surface area (Å²) < 4.78 is 35.9. The van der Waals surface area contributed by atoms with E-state index in [4.69, 9.17) is 28.4 Å². The highest BCUT2D eigenvalue weighted by atomic mass is 16.7. The number of cyclic esters (lactones) is 1. The first-order valence-corrected chi connectivity index (χ1v) is 17.2. The molecule has 0 bridgehead atoms. The van der Waals surface area contributed by atoms with E-state index in [0.29, 0.717) is 6.42 Å². The van der Waals surface area contributed by atoms with Crippen molar-refractivity contribution in [3.63, 3.8) is 0 Å². The van der Waals surface area contributed by atoms with Crippen LogP contribution < -0.4 is 0 Å². The molecule has 0 aromatic carbocycles. The van der Waals surface area contributed by atoms with Gasteiger partial charge in [0.05, 0.1) is 25.4 Å². The van der Waals surface area contributed by atoms with Crippen molar-refractivity contribution in [1.82, 2.24) is 0 Å². The van der Waals surface area contributed by atoms with Crippen LogP contribution in [-0.2, 0) is 38.0 Å². The zero-order valence-electron chi connectivity index (χ0n) is 31.4. The van der Waals surface area contributed by atoms with E-state index in [2.05, 4.69) is 0 Å². The number of aliphatic hydroxyl groups excluding tert-OH is 2. The van der Waals surface area contributed by atoms with Gasteiger partial charge in [-0.25, -0.2) is 4.79 Å². The van der Waals surface area contributed by atoms with Crippen molar-refractivity contribution < 1.29 is 48.2 Å². The van der Waals surface area contributed by atoms with Crippen molar-refractivity contribution in [1.29, 1.82) is 0 Å². The number of carbonyl (C=O) groups excluding carboxylic acids is 2. The molecule has 2 heterocycles. The number of aliphatic hydroxyl groups is 2. The summed E-state index contributed by atoms with van der Waals surface area (Å²) in [5, 5.41) is 23.0. The minimum Gasteiger partial charge on any atom is -0.490 e. The van der Waals surface area contributed by atoms with Gasteiger partial charge >= 0.3 is 11.9 Å². The Kier molecular flexibility index (Phi) is 16.0. The molecule has 0 spiro atoms. The van der Waals surface area contributed by atoms with Crippen LogP contribution >= 0.6 is 0 Å². The molecule has 274 valence electrons. The van der Waals surface area contributed by atoms with Gasteiger partial charge in [-0.05, 0) is 38.2 Å². The summed E-state index contributed by atoms with van der Waals surface area (Å²) in [5.74, 6) is -3.98. The lowest BCUT2D eigenvalue weighted by Gasteiger charge is -2.51. The lowest BCUT2D eigenvalue weighted by Crippen LogP contribution is -2.60. The Morgan fingerprint density at radius 3 is 2.25 bits per heavy atom. The van der Waals surface area contributed by atoms with Gasteiger partial charge in [0.25, 0.3) is 0 Å². The highest BCUT2D eigenvalue weighted by Crippen LogP contribution is 2.44. The van der Waals surface area contributed by atoms with Gasteiger partial charge < -0.3 is 38.6 Å². The maximum absolute atomic E-state index is 13.7. The van der Waals surface area contributed by atoms with Gasteiger partial charge in [0, 0.05) is 51.2 Å². The SMILES string of the molecule is CO/C1=C\C(C)=C\[C@@H](C)[C@@H](O)[C@H](C)C/C(C)=C/C=C/[C@H](OC)[C@@H]([C@@H](C)[C@@H](O)[C@H](C)[C@@]2(OC)C[C@@H](OC(C)=O)[C@H](C)[C@@H](C(C)C)O2)OC1=O. The van der Waals surface area contributed by atoms with Crippen molar-refractivity contribution in [3.8, 4) is 0 Å². The fraction of sp³-hybridized carbons (Fsp3) is 0.737. The van der Waals surface area contributed by atoms with Gasteiger partial charge in [-0.1, -0.05) is 83.9 Å². The second-order valence-corrected chi connectivity index (χ2v) is 14.3. The molecule has 0 unspecified atom stereocenters. The smallest absolute Gasteiger partial charge is 0.373 e. The van der Waals surface area contributed by atoms with Gasteiger partial charge in [-0.2, -0.15) is 0 Å². The third-order valence-corrected chi connectivity index (χ3v) is 10.1. The number of allylic oxidation sites excluding steroid dienone is 5. The van der Waals surface area contributed by atoms with E-state index in [0.717, 1.165) is 11.1 Å². The molecule has 1 saturated heterocycles. The number of hydrogen-bond acceptors (Lipinski definition) is 10. The minimum atomic E-state index is -1.30. The summed E-state index contributed by atoms with van der Waals surface area (Å²) in [6, 6.07) is 0. The molecule has 12 atom stereocenters. The van der Waals surface area contributed by atoms with E-state index in [9.17, 15) is 19.8 Å². The summed E-state index contributed by atoms with van der Waals surface area (Å²) in [6.07, 6.45) is 5.79. The highest BCUT2D eigenvalue weighted by molar-refractivity contribution is 5.87. The standard InChI is InChI=1S/C38H62O10/c1-21(2)35-26(7)32(46-29(10)39)20-38(45-13,48-35)28(9)34(41)27(8)36-30(43-11)16-14-15-22(3)17-24(5)33(40)25(6)18-23(4)19-31(44-12)37(42)47-36/h14-16,18-19,21,24-28,30,32-36,40-41H,17,20H2,1-13H3/b16-14+,22-15+,23-18+,31-19-/t24-,25-,26+,27+,28+,30+,32-,33+,34-,35-,36-,38-/m1/s1. The summed E-state index contributed by atoms with van der Waals surface area (Å²) in [4.78, 5) is 25.7. The Balaban J connectivity index is 2.59. The van der Waals surface area contributed by atoms with Gasteiger partial charge in [0.2, 0.25) is 5.76 Å². The van der Waals surface area contributed by atoms with Crippen LogP contribution in [0.1, 0.15) is 82.1 Å². The average Bonchev–Trinajstić information content (AvgIpc) is 3.03. The van der Waals surface area contributed by atoms with Crippen molar-refractivity contribution in [2.45, 2.75) is 124 Å². The normalized spacial score (nSPS) is 38.6. The van der Waals surface area contributed by atoms with Crippen molar-refractivity contribution in [3.05, 3.63) is 47.3 Å². The molecule has 0 amide bonds. The summed E-state index contributed by atoms with van der Waals surface area (Å²) in [5.41, 5.74) is 1.80. The van der Waals surface area contributed by atoms with Crippen molar-refractivity contribution in [2.75, 3.05) is 21.3 Å². The van der Waals surface area contributed by atoms with Crippen LogP contribution in [-0.4, -0.2) is 85.9 Å². The van der Waals surface area contributed by atoms with Crippen LogP contribution in [0.4, 0.5) is 0 Å². The van der Waals surface area contributed by atoms with E-state index in [1.807, 2.05) is 73.6 Å². The van der Waals surface area contributed by atoms with Crippen molar-refractivity contribution >= 4 is 11.9 Å². The fourth-order valence-electron chi connectivity index (χ4n) is 7.18. The number of esters is 2. The lowest BCUT2D eigenvalue weighted by atomic mass is 9.76. The quantitative estimate of drug-likeness (QED) is 0.284. The Hall–Kier alpha value is -2.50. The van der Waals surface area contributed by atoms with Crippen LogP contribution in [0.5, 0.6) is 0 Å². The molecule has 1 fully saturated rings. The monoisotopic (exact) mass is 678 g/mol. The second-order valence-electron chi connectivity index (χ2n) is 14.3. The molecular weight excluding hydrogens is 616 g/mol. The zero-order chi connectivity index (χ0) is 36.5. The average molecular weight is 679 g/mol. The van der Waals surface area contributed by atoms with Crippen LogP contribution in [0.2, 0.25) is 0 Å². The highest BCUT2D eigenvalue weighted by Gasteiger charge is 2.54. The molecule has 0 aliphatic carbocycles. The summed E-state index contributed by atoms with van der Waals surface area (Å²) in [7, 11) is 4.44. The lowest BCUT2D eigenvalue weighted by molar-refractivity contribution is -0.339. The first-order valence-electron chi connectivity index (χ1n) is 17.2. The van der Waals surface area contributed by atoms with Crippen LogP contribution in [0.15, 0.2) is 47.3 Å². The first-order chi connectivity index (χ1) is 22.4. The Bertz CT molecular complexity index is 1190. The van der Waals surface area contributed by atoms with E-state index < -0.39 is 60.1 Å². The van der Waals surface area contributed by atoms with Gasteiger partial charge in [0.1, 0.15) is 18.3 Å². The van der Waals surface area contributed by atoms with E-state index in [-0.39, 0.29) is 42.0 Å². The van der Waals surface area contributed by atoms with Gasteiger partial charge in [-0.15, -0.1) is 0 Å². The molecular formula is C38H62O10. The number of carbonyl (C=O) groups is 2. The topological polar surface area (TPSA) is 130 Å². The molecule has 0 radical (unpaired) electrons. The first kappa shape index (κ1) is 41.7. The van der Waals surface area contributed by atoms with E-state index in [1.165, 1.54) is 28.3 Å². The Labute approximate surface area is 288 Å². The van der Waals surface area contributed by atoms with Crippen molar-refractivity contribution in [2.24, 2.45) is 35.5 Å². The number of rotatable bonds is 9. The molecule has 2 aliphatic rings. The Morgan fingerprint density at radius 2 is 1.71 bits per heavy atom. The Morgan fingerprint density at radius 1 is 1.06 bits per heavy atom. The molecule has 2 aliphatic heterocycles.